The van der Waals surface area contributed by atoms with E-state index < -0.39 is 17.1 Å². The number of rotatable bonds is 8. The fraction of sp³-hybridized carbons (Fsp3) is 0.400. The Morgan fingerprint density at radius 1 is 1.21 bits per heavy atom. The minimum Gasteiger partial charge on any atom is -0.493 e. The molecule has 1 aromatic carbocycles. The topological polar surface area (TPSA) is 117 Å². The summed E-state index contributed by atoms with van der Waals surface area (Å²) in [7, 11) is 0. The van der Waals surface area contributed by atoms with E-state index in [1.807, 2.05) is 19.9 Å². The van der Waals surface area contributed by atoms with Gasteiger partial charge in [-0.2, -0.15) is 5.10 Å². The average molecular weight is 386 g/mol. The molecule has 0 unspecified atom stereocenters. The number of carbonyl (C=O) groups is 1. The fourth-order valence-electron chi connectivity index (χ4n) is 2.70. The summed E-state index contributed by atoms with van der Waals surface area (Å²) >= 11 is 0. The molecule has 28 heavy (non-hydrogen) atoms. The number of hydrogen-bond donors (Lipinski definition) is 3. The van der Waals surface area contributed by atoms with E-state index in [1.54, 1.807) is 12.1 Å². The van der Waals surface area contributed by atoms with Crippen molar-refractivity contribution < 1.29 is 9.90 Å². The Bertz CT molecular complexity index is 989. The van der Waals surface area contributed by atoms with E-state index >= 15 is 0 Å². The highest BCUT2D eigenvalue weighted by Crippen LogP contribution is 2.18. The molecular weight excluding hydrogens is 360 g/mol. The first kappa shape index (κ1) is 21.1. The van der Waals surface area contributed by atoms with Crippen molar-refractivity contribution in [1.29, 1.82) is 0 Å². The minimum absolute atomic E-state index is 0.218. The van der Waals surface area contributed by atoms with Gasteiger partial charge in [-0.3, -0.25) is 14.6 Å². The first-order valence-corrected chi connectivity index (χ1v) is 9.33. The second-order valence-corrected chi connectivity index (χ2v) is 6.70. The normalized spacial score (nSPS) is 11.1. The van der Waals surface area contributed by atoms with Crippen LogP contribution in [0.4, 0.5) is 0 Å². The average Bonchev–Trinajstić information content (AvgIpc) is 2.64. The van der Waals surface area contributed by atoms with E-state index in [1.165, 1.54) is 0 Å². The van der Waals surface area contributed by atoms with Gasteiger partial charge in [0.15, 0.2) is 0 Å². The number of H-pyrrole nitrogens is 1. The molecule has 0 saturated carbocycles. The number of benzene rings is 1. The number of aromatic nitrogens is 2. The van der Waals surface area contributed by atoms with Crippen LogP contribution in [-0.4, -0.2) is 26.8 Å². The van der Waals surface area contributed by atoms with Gasteiger partial charge in [-0.15, -0.1) is 0 Å². The number of carbonyl (C=O) groups excluding carboxylic acids is 1. The number of aromatic amines is 1. The first-order chi connectivity index (χ1) is 13.3. The number of amides is 1. The molecule has 0 aliphatic carbocycles. The largest absolute Gasteiger partial charge is 0.493 e. The number of hydrazone groups is 1. The number of nitrogens with zero attached hydrogens (tertiary/aromatic N) is 2. The van der Waals surface area contributed by atoms with Crippen molar-refractivity contribution in [2.75, 3.05) is 0 Å². The van der Waals surface area contributed by atoms with E-state index in [-0.39, 0.29) is 11.5 Å². The lowest BCUT2D eigenvalue weighted by atomic mass is 10.1. The van der Waals surface area contributed by atoms with Gasteiger partial charge in [0, 0.05) is 6.42 Å². The number of hydrogen-bond acceptors (Lipinski definition) is 5. The van der Waals surface area contributed by atoms with Gasteiger partial charge in [-0.1, -0.05) is 32.3 Å². The van der Waals surface area contributed by atoms with E-state index in [9.17, 15) is 19.5 Å². The molecule has 2 aromatic rings. The molecule has 0 bridgehead atoms. The summed E-state index contributed by atoms with van der Waals surface area (Å²) in [4.78, 5) is 38.2. The standard InChI is InChI=1S/C20H26N4O4/c1-4-5-6-7-8-17(25)23-21-12-16-18(26)22-20(28)24(19(16)27)15-10-9-13(2)14(3)11-15/h9-12,27H,4-8H2,1-3H3,(H,23,25)(H,22,26,28). The van der Waals surface area contributed by atoms with Crippen LogP contribution in [0.15, 0.2) is 32.9 Å². The van der Waals surface area contributed by atoms with Crippen LogP contribution in [0.25, 0.3) is 5.69 Å². The van der Waals surface area contributed by atoms with Crippen LogP contribution in [0.5, 0.6) is 5.88 Å². The zero-order valence-corrected chi connectivity index (χ0v) is 16.4. The molecule has 0 radical (unpaired) electrons. The molecule has 0 spiro atoms. The Kier molecular flexibility index (Phi) is 7.31. The van der Waals surface area contributed by atoms with Crippen LogP contribution in [-0.2, 0) is 4.79 Å². The van der Waals surface area contributed by atoms with Crippen LogP contribution >= 0.6 is 0 Å². The Morgan fingerprint density at radius 2 is 1.96 bits per heavy atom. The monoisotopic (exact) mass is 386 g/mol. The van der Waals surface area contributed by atoms with Crippen LogP contribution in [0.3, 0.4) is 0 Å². The Labute approximate surface area is 162 Å². The summed E-state index contributed by atoms with van der Waals surface area (Å²) in [6, 6.07) is 5.21. The Balaban J connectivity index is 2.24. The summed E-state index contributed by atoms with van der Waals surface area (Å²) in [6.07, 6.45) is 5.25. The van der Waals surface area contributed by atoms with Crippen LogP contribution in [0, 0.1) is 13.8 Å². The van der Waals surface area contributed by atoms with Crippen molar-refractivity contribution >= 4 is 12.1 Å². The van der Waals surface area contributed by atoms with Gasteiger partial charge in [0.25, 0.3) is 5.56 Å². The molecule has 2 rings (SSSR count). The summed E-state index contributed by atoms with van der Waals surface area (Å²) in [5.41, 5.74) is 2.94. The van der Waals surface area contributed by atoms with Gasteiger partial charge in [0.05, 0.1) is 11.9 Å². The fourth-order valence-corrected chi connectivity index (χ4v) is 2.70. The lowest BCUT2D eigenvalue weighted by molar-refractivity contribution is -0.121. The number of aromatic hydroxyl groups is 1. The molecule has 1 aromatic heterocycles. The van der Waals surface area contributed by atoms with E-state index in [0.29, 0.717) is 12.1 Å². The van der Waals surface area contributed by atoms with Crippen molar-refractivity contribution in [3.05, 3.63) is 55.7 Å². The molecule has 1 heterocycles. The summed E-state index contributed by atoms with van der Waals surface area (Å²) in [5, 5.41) is 14.2. The van der Waals surface area contributed by atoms with Crippen molar-refractivity contribution in [3.63, 3.8) is 0 Å². The molecule has 3 N–H and O–H groups in total. The third kappa shape index (κ3) is 5.18. The van der Waals surface area contributed by atoms with Gasteiger partial charge in [-0.25, -0.2) is 14.8 Å². The third-order valence-electron chi connectivity index (χ3n) is 4.51. The zero-order chi connectivity index (χ0) is 20.7. The van der Waals surface area contributed by atoms with Crippen molar-refractivity contribution in [3.8, 4) is 11.6 Å². The van der Waals surface area contributed by atoms with Crippen molar-refractivity contribution in [1.82, 2.24) is 15.0 Å². The number of nitrogens with one attached hydrogen (secondary N) is 2. The highest BCUT2D eigenvalue weighted by Gasteiger charge is 2.14. The maximum absolute atomic E-state index is 12.2. The first-order valence-electron chi connectivity index (χ1n) is 9.33. The molecular formula is C20H26N4O4. The summed E-state index contributed by atoms with van der Waals surface area (Å²) in [6.45, 7) is 5.90. The number of unbranched alkanes of at least 4 members (excludes halogenated alkanes) is 3. The summed E-state index contributed by atoms with van der Waals surface area (Å²) in [5.74, 6) is -0.816. The van der Waals surface area contributed by atoms with Gasteiger partial charge in [-0.05, 0) is 43.5 Å². The minimum atomic E-state index is -0.788. The molecule has 0 aliphatic rings. The lowest BCUT2D eigenvalue weighted by Gasteiger charge is -2.11. The Morgan fingerprint density at radius 3 is 2.64 bits per heavy atom. The predicted octanol–water partition coefficient (Wildman–Crippen LogP) is 2.27. The zero-order valence-electron chi connectivity index (χ0n) is 16.4. The molecule has 8 heteroatoms. The predicted molar refractivity (Wildman–Crippen MR) is 108 cm³/mol. The molecule has 0 aliphatic heterocycles. The van der Waals surface area contributed by atoms with Gasteiger partial charge >= 0.3 is 5.69 Å². The quantitative estimate of drug-likeness (QED) is 0.366. The molecule has 8 nitrogen and oxygen atoms in total. The van der Waals surface area contributed by atoms with E-state index in [2.05, 4.69) is 22.4 Å². The van der Waals surface area contributed by atoms with Gasteiger partial charge in [0.2, 0.25) is 11.8 Å². The maximum Gasteiger partial charge on any atom is 0.335 e. The smallest absolute Gasteiger partial charge is 0.335 e. The molecule has 0 atom stereocenters. The van der Waals surface area contributed by atoms with Crippen LogP contribution in [0.2, 0.25) is 0 Å². The maximum atomic E-state index is 12.2. The van der Waals surface area contributed by atoms with Crippen LogP contribution < -0.4 is 16.7 Å². The van der Waals surface area contributed by atoms with E-state index in [4.69, 9.17) is 0 Å². The van der Waals surface area contributed by atoms with Crippen LogP contribution in [0.1, 0.15) is 55.7 Å². The SMILES string of the molecule is CCCCCCC(=O)NN=Cc1c(O)n(-c2ccc(C)c(C)c2)c(=O)[nH]c1=O. The third-order valence-corrected chi connectivity index (χ3v) is 4.51. The van der Waals surface area contributed by atoms with Gasteiger partial charge < -0.3 is 5.11 Å². The summed E-state index contributed by atoms with van der Waals surface area (Å²) < 4.78 is 0.988. The van der Waals surface area contributed by atoms with Gasteiger partial charge in [0.1, 0.15) is 5.56 Å². The van der Waals surface area contributed by atoms with Crippen molar-refractivity contribution in [2.24, 2.45) is 5.10 Å². The molecule has 0 fully saturated rings. The number of aryl methyl sites for hydroxylation is 2. The molecule has 1 amide bonds. The molecule has 150 valence electrons. The molecule has 0 saturated heterocycles. The second kappa shape index (κ2) is 9.68. The second-order valence-electron chi connectivity index (χ2n) is 6.70. The van der Waals surface area contributed by atoms with Crippen molar-refractivity contribution in [2.45, 2.75) is 52.9 Å². The van der Waals surface area contributed by atoms with E-state index in [0.717, 1.165) is 47.6 Å². The highest BCUT2D eigenvalue weighted by atomic mass is 16.3. The highest BCUT2D eigenvalue weighted by molar-refractivity contribution is 5.84. The Hall–Kier alpha value is -3.16. The lowest BCUT2D eigenvalue weighted by Crippen LogP contribution is -2.31.